The summed E-state index contributed by atoms with van der Waals surface area (Å²) in [7, 11) is 1.82. The molecular weight excluding hydrogens is 564 g/mol. The topological polar surface area (TPSA) is 64.3 Å². The van der Waals surface area contributed by atoms with E-state index in [-0.39, 0.29) is 5.91 Å². The molecule has 0 aliphatic heterocycles. The Morgan fingerprint density at radius 3 is 1.87 bits per heavy atom. The summed E-state index contributed by atoms with van der Waals surface area (Å²) in [4.78, 5) is 10.9. The third kappa shape index (κ3) is 31.7. The van der Waals surface area contributed by atoms with Gasteiger partial charge in [-0.15, -0.1) is 0 Å². The number of aryl methyl sites for hydroxylation is 1. The van der Waals surface area contributed by atoms with E-state index in [2.05, 4.69) is 85.8 Å². The van der Waals surface area contributed by atoms with Gasteiger partial charge in [0.05, 0.1) is 6.61 Å². The van der Waals surface area contributed by atoms with Crippen molar-refractivity contribution in [2.24, 2.45) is 23.5 Å². The molecule has 1 saturated carbocycles. The lowest BCUT2D eigenvalue weighted by Crippen LogP contribution is -2.14. The summed E-state index contributed by atoms with van der Waals surface area (Å²) < 4.78 is 5.64. The molecule has 2 rings (SSSR count). The third-order valence-corrected chi connectivity index (χ3v) is 8.12. The van der Waals surface area contributed by atoms with Gasteiger partial charge >= 0.3 is 0 Å². The number of para-hydroxylation sites is 1. The van der Waals surface area contributed by atoms with Gasteiger partial charge in [0.15, 0.2) is 0 Å². The Bertz CT molecular complexity index is 837. The lowest BCUT2D eigenvalue weighted by Gasteiger charge is -2.22. The van der Waals surface area contributed by atoms with E-state index in [0.717, 1.165) is 61.4 Å². The molecule has 3 N–H and O–H groups in total. The molecule has 0 saturated heterocycles. The fourth-order valence-corrected chi connectivity index (χ4v) is 4.60. The summed E-state index contributed by atoms with van der Waals surface area (Å²) in [5.41, 5.74) is 8.24. The summed E-state index contributed by atoms with van der Waals surface area (Å²) >= 11 is 0. The number of hydrogen-bond donors (Lipinski definition) is 2. The summed E-state index contributed by atoms with van der Waals surface area (Å²) in [6.45, 7) is 25.0. The molecule has 1 aliphatic rings. The number of primary amides is 1. The van der Waals surface area contributed by atoms with E-state index in [9.17, 15) is 4.79 Å². The van der Waals surface area contributed by atoms with Crippen molar-refractivity contribution < 1.29 is 9.53 Å². The fourth-order valence-electron chi connectivity index (χ4n) is 4.60. The lowest BCUT2D eigenvalue weighted by atomic mass is 9.84. The maximum atomic E-state index is 10.9. The maximum Gasteiger partial charge on any atom is 0.244 e. The second kappa shape index (κ2) is 35.6. The third-order valence-electron chi connectivity index (χ3n) is 8.12. The quantitative estimate of drug-likeness (QED) is 0.147. The van der Waals surface area contributed by atoms with Crippen molar-refractivity contribution in [3.63, 3.8) is 0 Å². The van der Waals surface area contributed by atoms with Gasteiger partial charge in [0.2, 0.25) is 5.91 Å². The standard InChI is InChI=1S/C12H18O.C10H18N2O.C8H16.C8H18.C4H10/c1-3-7-11-8-5-6-9-12(11)13-10-4-2;1-4-5-9(10(11)13)6-8(2)7-12-3;1-7-3-5-8(2)6-4-7;1-4-6-7-8(3)5-2;1-3-4-2/h5-6,8-9H,3-4,7,10H2,1-2H3;6-7,12H,4-5H2,1-3H3,(H2,11,13);7-8H,3-6H2,1-2H3;8H,4-7H2,1-3H3;3-4H2,1-2H3/b;8-7-,9-6+;;;. The Morgan fingerprint density at radius 2 is 1.46 bits per heavy atom. The Kier molecular flexibility index (Phi) is 37.3. The van der Waals surface area contributed by atoms with Gasteiger partial charge in [-0.2, -0.15) is 0 Å². The minimum Gasteiger partial charge on any atom is -0.493 e. The van der Waals surface area contributed by atoms with E-state index < -0.39 is 0 Å². The molecule has 1 atom stereocenters. The van der Waals surface area contributed by atoms with E-state index in [1.54, 1.807) is 0 Å². The average molecular weight is 645 g/mol. The minimum absolute atomic E-state index is 0.328. The molecule has 0 heterocycles. The van der Waals surface area contributed by atoms with E-state index in [0.29, 0.717) is 5.57 Å². The molecule has 1 amide bonds. The molecule has 0 bridgehead atoms. The van der Waals surface area contributed by atoms with Gasteiger partial charge in [0.25, 0.3) is 0 Å². The number of hydrogen-bond acceptors (Lipinski definition) is 3. The molecule has 1 aliphatic carbocycles. The first kappa shape index (κ1) is 48.2. The second-order valence-electron chi connectivity index (χ2n) is 13.2. The van der Waals surface area contributed by atoms with Crippen LogP contribution in [0.4, 0.5) is 0 Å². The monoisotopic (exact) mass is 645 g/mol. The number of ether oxygens (including phenoxy) is 1. The summed E-state index contributed by atoms with van der Waals surface area (Å²) in [5, 5.41) is 2.90. The number of nitrogens with one attached hydrogen (secondary N) is 1. The summed E-state index contributed by atoms with van der Waals surface area (Å²) in [5.74, 6) is 3.73. The molecule has 1 fully saturated rings. The first-order valence-electron chi connectivity index (χ1n) is 19.1. The summed E-state index contributed by atoms with van der Waals surface area (Å²) in [6, 6.07) is 8.31. The highest BCUT2D eigenvalue weighted by atomic mass is 16.5. The normalized spacial score (nSPS) is 16.4. The van der Waals surface area contributed by atoms with E-state index >= 15 is 0 Å². The summed E-state index contributed by atoms with van der Waals surface area (Å²) in [6.07, 6.45) is 22.7. The van der Waals surface area contributed by atoms with Crippen molar-refractivity contribution >= 4 is 5.91 Å². The Hall–Kier alpha value is -2.23. The number of allylic oxidation sites excluding steroid dienone is 2. The molecule has 4 nitrogen and oxygen atoms in total. The van der Waals surface area contributed by atoms with Crippen LogP contribution in [0.1, 0.15) is 172 Å². The lowest BCUT2D eigenvalue weighted by molar-refractivity contribution is -0.114. The van der Waals surface area contributed by atoms with Crippen LogP contribution in [0.15, 0.2) is 47.7 Å². The first-order chi connectivity index (χ1) is 22.0. The molecule has 0 radical (unpaired) electrons. The number of nitrogens with two attached hydrogens (primary N) is 1. The van der Waals surface area contributed by atoms with Crippen LogP contribution in [0.3, 0.4) is 0 Å². The van der Waals surface area contributed by atoms with Crippen LogP contribution in [0.5, 0.6) is 5.75 Å². The minimum atomic E-state index is -0.328. The Morgan fingerprint density at radius 1 is 0.891 bits per heavy atom. The SMILES string of the molecule is CC1CCC(C)CC1.CCC/C(=C\C(C)=C/NC)C(N)=O.CCCC.CCCCC(C)CC.CCCOc1ccccc1CCC. The van der Waals surface area contributed by atoms with Crippen molar-refractivity contribution in [2.45, 2.75) is 172 Å². The predicted octanol–water partition coefficient (Wildman–Crippen LogP) is 12.6. The molecule has 1 aromatic rings. The van der Waals surface area contributed by atoms with E-state index in [4.69, 9.17) is 10.5 Å². The van der Waals surface area contributed by atoms with E-state index in [1.807, 2.05) is 39.2 Å². The fraction of sp³-hybridized carbons (Fsp3) is 0.738. The number of unbranched alkanes of at least 4 members (excludes halogenated alkanes) is 2. The van der Waals surface area contributed by atoms with Crippen molar-refractivity contribution in [3.8, 4) is 5.75 Å². The first-order valence-corrected chi connectivity index (χ1v) is 19.1. The molecule has 0 aromatic heterocycles. The smallest absolute Gasteiger partial charge is 0.244 e. The van der Waals surface area contributed by atoms with Crippen LogP contribution >= 0.6 is 0 Å². The Labute approximate surface area is 288 Å². The van der Waals surface area contributed by atoms with Crippen molar-refractivity contribution in [2.75, 3.05) is 13.7 Å². The van der Waals surface area contributed by atoms with Crippen LogP contribution < -0.4 is 15.8 Å². The molecule has 46 heavy (non-hydrogen) atoms. The van der Waals surface area contributed by atoms with Crippen LogP contribution in [0.2, 0.25) is 0 Å². The molecule has 270 valence electrons. The van der Waals surface area contributed by atoms with Crippen LogP contribution in [0, 0.1) is 17.8 Å². The van der Waals surface area contributed by atoms with Gasteiger partial charge in [-0.05, 0) is 73.4 Å². The highest BCUT2D eigenvalue weighted by molar-refractivity contribution is 5.92. The molecule has 1 unspecified atom stereocenters. The Balaban J connectivity index is -0.000000526. The average Bonchev–Trinajstić information content (AvgIpc) is 3.05. The van der Waals surface area contributed by atoms with Crippen LogP contribution in [-0.2, 0) is 11.2 Å². The van der Waals surface area contributed by atoms with E-state index in [1.165, 1.54) is 76.2 Å². The maximum absolute atomic E-state index is 10.9. The zero-order chi connectivity index (χ0) is 35.6. The molecule has 0 spiro atoms. The van der Waals surface area contributed by atoms with Crippen LogP contribution in [0.25, 0.3) is 0 Å². The number of carbonyl (C=O) groups excluding carboxylic acids is 1. The number of carbonyl (C=O) groups is 1. The van der Waals surface area contributed by atoms with Gasteiger partial charge in [-0.25, -0.2) is 0 Å². The van der Waals surface area contributed by atoms with Gasteiger partial charge in [0, 0.05) is 12.6 Å². The highest BCUT2D eigenvalue weighted by Crippen LogP contribution is 2.27. The second-order valence-corrected chi connectivity index (χ2v) is 13.2. The van der Waals surface area contributed by atoms with Crippen molar-refractivity contribution in [1.82, 2.24) is 5.32 Å². The van der Waals surface area contributed by atoms with Gasteiger partial charge < -0.3 is 15.8 Å². The number of amides is 1. The molecule has 1 aromatic carbocycles. The van der Waals surface area contributed by atoms with Gasteiger partial charge in [-0.1, -0.05) is 164 Å². The van der Waals surface area contributed by atoms with Crippen molar-refractivity contribution in [1.29, 1.82) is 0 Å². The largest absolute Gasteiger partial charge is 0.493 e. The number of benzene rings is 1. The molecular formula is C42H80N2O2. The molecule has 4 heteroatoms. The van der Waals surface area contributed by atoms with Gasteiger partial charge in [0.1, 0.15) is 5.75 Å². The predicted molar refractivity (Wildman–Crippen MR) is 208 cm³/mol. The van der Waals surface area contributed by atoms with Crippen molar-refractivity contribution in [3.05, 3.63) is 53.3 Å². The zero-order valence-corrected chi connectivity index (χ0v) is 32.9. The van der Waals surface area contributed by atoms with Crippen LogP contribution in [-0.4, -0.2) is 19.6 Å². The van der Waals surface area contributed by atoms with Gasteiger partial charge in [-0.3, -0.25) is 4.79 Å². The highest BCUT2D eigenvalue weighted by Gasteiger charge is 2.13. The zero-order valence-electron chi connectivity index (χ0n) is 32.9. The number of rotatable bonds is 15.